The number of nitrogens with two attached hydrogens (primary N) is 1. The predicted molar refractivity (Wildman–Crippen MR) is 14.0 cm³/mol. The third-order valence-corrected chi connectivity index (χ3v) is 0. The van der Waals surface area contributed by atoms with Crippen molar-refractivity contribution in [1.29, 1.82) is 0 Å². The molecule has 0 radical (unpaired) electrons. The fourth-order valence-corrected chi connectivity index (χ4v) is 0. The maximum atomic E-state index is 8.44. The smallest absolute Gasteiger partial charge is 0.565 e. The quantitative estimate of drug-likeness (QED) is 0.218. The number of hydrogen-bond acceptors (Lipinski definition) is 4. The van der Waals surface area contributed by atoms with Gasteiger partial charge in [-0.1, -0.05) is 0 Å². The van der Waals surface area contributed by atoms with Crippen LogP contribution in [0, 0.1) is 0 Å². The van der Waals surface area contributed by atoms with Crippen LogP contribution < -0.4 is 40.6 Å². The van der Waals surface area contributed by atoms with E-state index in [0.29, 0.717) is 0 Å². The monoisotopic (exact) mass is 117 g/mol. The van der Waals surface area contributed by atoms with Crippen molar-refractivity contribution in [2.45, 2.75) is 0 Å². The minimum Gasteiger partial charge on any atom is -0.565 e. The number of hydrogen-bond donors (Lipinski definition) is 3. The molecule has 0 spiro atoms. The topological polar surface area (TPSA) is 107 Å². The van der Waals surface area contributed by atoms with E-state index < -0.39 is 6.16 Å². The molecule has 7 heavy (non-hydrogen) atoms. The van der Waals surface area contributed by atoms with Gasteiger partial charge in [-0.15, -0.1) is 0 Å². The number of rotatable bonds is 0. The van der Waals surface area contributed by atoms with Crippen molar-refractivity contribution in [2.24, 2.45) is 5.90 Å². The molecule has 0 atom stereocenters. The molecule has 5 nitrogen and oxygen atoms in total. The zero-order chi connectivity index (χ0) is 5.58. The zero-order valence-electron chi connectivity index (χ0n) is 3.79. The second-order valence-electron chi connectivity index (χ2n) is 0.266. The van der Waals surface area contributed by atoms with Gasteiger partial charge in [0.25, 0.3) is 0 Å². The summed E-state index contributed by atoms with van der Waals surface area (Å²) in [6.45, 7) is 0. The van der Waals surface area contributed by atoms with Gasteiger partial charge >= 0.3 is 29.6 Å². The Bertz CT molecular complexity index is 34.7. The molecule has 0 heterocycles. The van der Waals surface area contributed by atoms with Crippen molar-refractivity contribution in [3.05, 3.63) is 0 Å². The van der Waals surface area contributed by atoms with Gasteiger partial charge in [0.15, 0.2) is 0 Å². The van der Waals surface area contributed by atoms with E-state index in [-0.39, 0.29) is 29.6 Å². The molecule has 0 aliphatic heterocycles. The van der Waals surface area contributed by atoms with Crippen LogP contribution >= 0.6 is 0 Å². The van der Waals surface area contributed by atoms with Gasteiger partial charge < -0.3 is 20.2 Å². The second kappa shape index (κ2) is 16.4. The van der Waals surface area contributed by atoms with E-state index in [0.717, 1.165) is 0 Å². The van der Waals surface area contributed by atoms with Crippen LogP contribution in [0.4, 0.5) is 4.79 Å². The first kappa shape index (κ1) is 15.7. The molecule has 0 bridgehead atoms. The molecule has 6 heteroatoms. The molecular weight excluding hydrogens is 113 g/mol. The molecule has 0 aromatic heterocycles. The summed E-state index contributed by atoms with van der Waals surface area (Å²) >= 11 is 0. The largest absolute Gasteiger partial charge is 1.00 e. The van der Waals surface area contributed by atoms with Crippen LogP contribution in [0.1, 0.15) is 0 Å². The molecular formula is CH4NNaO4. The van der Waals surface area contributed by atoms with Gasteiger partial charge in [-0.2, -0.15) is 0 Å². The Hall–Kier alpha value is 0.190. The molecule has 0 saturated heterocycles. The number of carboxylic acid groups (broad SMARTS) is 2. The fraction of sp³-hybridized carbons (Fsp3) is 0. The van der Waals surface area contributed by atoms with Gasteiger partial charge in [0.2, 0.25) is 6.16 Å². The molecule has 0 aromatic carbocycles. The second-order valence-corrected chi connectivity index (χ2v) is 0.266. The summed E-state index contributed by atoms with van der Waals surface area (Å²) < 4.78 is 0. The van der Waals surface area contributed by atoms with E-state index in [2.05, 4.69) is 5.90 Å². The van der Waals surface area contributed by atoms with Crippen LogP contribution in [-0.2, 0) is 0 Å². The first-order chi connectivity index (χ1) is 2.73. The standard InChI is InChI=1S/CH2O3.H3NO.Na/c2-1(3)4;1-2;/h(H2,2,3,4);2H,1H2;/q;;+1/p-1. The summed E-state index contributed by atoms with van der Waals surface area (Å²) in [5.41, 5.74) is 0. The molecule has 0 saturated carbocycles. The van der Waals surface area contributed by atoms with Crippen LogP contribution in [0.2, 0.25) is 0 Å². The molecule has 38 valence electrons. The summed E-state index contributed by atoms with van der Waals surface area (Å²) in [6.07, 6.45) is -2.08. The van der Waals surface area contributed by atoms with Crippen molar-refractivity contribution in [3.8, 4) is 0 Å². The van der Waals surface area contributed by atoms with Crippen molar-refractivity contribution in [1.82, 2.24) is 0 Å². The van der Waals surface area contributed by atoms with Crippen molar-refractivity contribution >= 4 is 6.16 Å². The van der Waals surface area contributed by atoms with Crippen LogP contribution in [0.3, 0.4) is 0 Å². The Morgan fingerprint density at radius 3 is 1.57 bits per heavy atom. The van der Waals surface area contributed by atoms with E-state index in [9.17, 15) is 0 Å². The van der Waals surface area contributed by atoms with Crippen LogP contribution in [0.5, 0.6) is 0 Å². The fourth-order valence-electron chi connectivity index (χ4n) is 0. The summed E-state index contributed by atoms with van der Waals surface area (Å²) in [5.74, 6) is 3.50. The molecule has 0 fully saturated rings. The summed E-state index contributed by atoms with van der Waals surface area (Å²) in [4.78, 5) is 8.44. The number of carbonyl (C=O) groups is 1. The Morgan fingerprint density at radius 1 is 1.57 bits per heavy atom. The van der Waals surface area contributed by atoms with E-state index in [1.54, 1.807) is 0 Å². The zero-order valence-corrected chi connectivity index (χ0v) is 5.79. The average molecular weight is 117 g/mol. The van der Waals surface area contributed by atoms with Gasteiger partial charge in [0, 0.05) is 0 Å². The maximum Gasteiger partial charge on any atom is 1.00 e. The summed E-state index contributed by atoms with van der Waals surface area (Å²) in [6, 6.07) is 0. The van der Waals surface area contributed by atoms with Crippen LogP contribution in [0.25, 0.3) is 0 Å². The molecule has 0 rings (SSSR count). The first-order valence-corrected chi connectivity index (χ1v) is 0.890. The van der Waals surface area contributed by atoms with Gasteiger partial charge in [-0.05, 0) is 0 Å². The van der Waals surface area contributed by atoms with Crippen molar-refractivity contribution in [2.75, 3.05) is 0 Å². The predicted octanol–water partition coefficient (Wildman–Crippen LogP) is -4.77. The van der Waals surface area contributed by atoms with E-state index in [1.165, 1.54) is 0 Å². The molecule has 0 unspecified atom stereocenters. The van der Waals surface area contributed by atoms with Crippen LogP contribution in [0.15, 0.2) is 0 Å². The Kier molecular flexibility index (Phi) is 36.7. The SMILES string of the molecule is NO.O=C([O-])O.[Na+]. The molecule has 0 aliphatic carbocycles. The minimum atomic E-state index is -2.08. The third kappa shape index (κ3) is 3010. The van der Waals surface area contributed by atoms with E-state index >= 15 is 0 Å². The Morgan fingerprint density at radius 2 is 1.57 bits per heavy atom. The summed E-state index contributed by atoms with van der Waals surface area (Å²) in [5, 5.41) is 21.8. The summed E-state index contributed by atoms with van der Waals surface area (Å²) in [7, 11) is 0. The first-order valence-electron chi connectivity index (χ1n) is 0.890. The van der Waals surface area contributed by atoms with Gasteiger partial charge in [0.1, 0.15) is 0 Å². The Balaban J connectivity index is -0.0000000480. The van der Waals surface area contributed by atoms with Crippen LogP contribution in [-0.4, -0.2) is 16.5 Å². The molecule has 0 aliphatic rings. The van der Waals surface area contributed by atoms with Gasteiger partial charge in [-0.25, -0.2) is 5.90 Å². The van der Waals surface area contributed by atoms with Gasteiger partial charge in [-0.3, -0.25) is 0 Å². The normalized spacial score (nSPS) is 4.29. The van der Waals surface area contributed by atoms with Crippen molar-refractivity contribution in [3.63, 3.8) is 0 Å². The Labute approximate surface area is 62.0 Å². The van der Waals surface area contributed by atoms with E-state index in [4.69, 9.17) is 20.2 Å². The van der Waals surface area contributed by atoms with Crippen molar-refractivity contribution < 1.29 is 49.8 Å². The molecule has 0 aromatic rings. The third-order valence-electron chi connectivity index (χ3n) is 0. The maximum absolute atomic E-state index is 8.44. The van der Waals surface area contributed by atoms with Gasteiger partial charge in [0.05, 0.1) is 0 Å². The van der Waals surface area contributed by atoms with E-state index in [1.807, 2.05) is 0 Å². The average Bonchev–Trinajstić information content (AvgIpc) is 1.41. The molecule has 4 N–H and O–H groups in total. The molecule has 0 amide bonds. The minimum absolute atomic E-state index is 0.